The lowest BCUT2D eigenvalue weighted by molar-refractivity contribution is -0.146. The van der Waals surface area contributed by atoms with Crippen molar-refractivity contribution < 1.29 is 14.3 Å². The lowest BCUT2D eigenvalue weighted by Gasteiger charge is -2.37. The minimum atomic E-state index is -1.04. The number of benzene rings is 1. The predicted octanol–water partition coefficient (Wildman–Crippen LogP) is 6.02. The molecular formula is C28H30Cl3N5O3S. The van der Waals surface area contributed by atoms with Crippen LogP contribution in [0.3, 0.4) is 0 Å². The van der Waals surface area contributed by atoms with Crippen molar-refractivity contribution in [3.8, 4) is 5.75 Å². The van der Waals surface area contributed by atoms with Crippen molar-refractivity contribution in [2.24, 2.45) is 0 Å². The molecule has 40 heavy (non-hydrogen) atoms. The molecule has 0 unspecified atom stereocenters. The number of thiazole rings is 1. The van der Waals surface area contributed by atoms with E-state index in [2.05, 4.69) is 9.88 Å². The Labute approximate surface area is 252 Å². The molecule has 2 saturated heterocycles. The quantitative estimate of drug-likeness (QED) is 0.334. The van der Waals surface area contributed by atoms with Gasteiger partial charge in [-0.2, -0.15) is 0 Å². The molecule has 2 amide bonds. The number of anilines is 1. The van der Waals surface area contributed by atoms with Gasteiger partial charge in [0.1, 0.15) is 11.4 Å². The highest BCUT2D eigenvalue weighted by molar-refractivity contribution is 7.09. The van der Waals surface area contributed by atoms with Crippen LogP contribution >= 0.6 is 46.1 Å². The van der Waals surface area contributed by atoms with Crippen molar-refractivity contribution in [1.29, 1.82) is 0 Å². The Morgan fingerprint density at radius 1 is 0.925 bits per heavy atom. The standard InChI is InChI=1S/C28H30Cl3N5O3S/c1-28(2,39-23-6-4-3-5-19(23)29)27(38)36-9-7-18(8-10-36)25-33-22(17-40-25)26(37)35-13-11-34(12-14-35)24-20(30)15-32-16-21(24)31/h3-6,15-18H,7-14H2,1-2H3. The maximum Gasteiger partial charge on any atom is 0.273 e. The summed E-state index contributed by atoms with van der Waals surface area (Å²) in [5.74, 6) is 0.550. The molecule has 2 aliphatic heterocycles. The zero-order chi connectivity index (χ0) is 28.4. The van der Waals surface area contributed by atoms with Gasteiger partial charge in [0.25, 0.3) is 11.8 Å². The van der Waals surface area contributed by atoms with Crippen LogP contribution in [-0.4, -0.2) is 76.5 Å². The van der Waals surface area contributed by atoms with Crippen molar-refractivity contribution in [2.75, 3.05) is 44.2 Å². The van der Waals surface area contributed by atoms with Crippen LogP contribution in [-0.2, 0) is 4.79 Å². The largest absolute Gasteiger partial charge is 0.476 e. The first kappa shape index (κ1) is 28.9. The molecule has 0 spiro atoms. The molecule has 2 fully saturated rings. The number of ether oxygens (including phenoxy) is 1. The summed E-state index contributed by atoms with van der Waals surface area (Å²) in [6.07, 6.45) is 4.71. The topological polar surface area (TPSA) is 78.9 Å². The van der Waals surface area contributed by atoms with E-state index < -0.39 is 5.60 Å². The summed E-state index contributed by atoms with van der Waals surface area (Å²) in [7, 11) is 0. The van der Waals surface area contributed by atoms with Crippen molar-refractivity contribution in [3.05, 3.63) is 67.8 Å². The van der Waals surface area contributed by atoms with Crippen LogP contribution in [0, 0.1) is 0 Å². The van der Waals surface area contributed by atoms with Crippen LogP contribution in [0.15, 0.2) is 42.0 Å². The lowest BCUT2D eigenvalue weighted by Crippen LogP contribution is -2.51. The van der Waals surface area contributed by atoms with E-state index in [1.165, 1.54) is 11.3 Å². The second-order valence-corrected chi connectivity index (χ2v) is 12.5. The summed E-state index contributed by atoms with van der Waals surface area (Å²) >= 11 is 20.4. The van der Waals surface area contributed by atoms with Crippen LogP contribution in [0.2, 0.25) is 15.1 Å². The summed E-state index contributed by atoms with van der Waals surface area (Å²) in [6, 6.07) is 7.15. The molecule has 0 N–H and O–H groups in total. The molecule has 212 valence electrons. The summed E-state index contributed by atoms with van der Waals surface area (Å²) < 4.78 is 6.00. The molecular weight excluding hydrogens is 593 g/mol. The Hall–Kier alpha value is -2.59. The van der Waals surface area contributed by atoms with Gasteiger partial charge in [-0.05, 0) is 38.8 Å². The van der Waals surface area contributed by atoms with Gasteiger partial charge in [0.15, 0.2) is 5.60 Å². The van der Waals surface area contributed by atoms with E-state index in [0.29, 0.717) is 65.8 Å². The predicted molar refractivity (Wildman–Crippen MR) is 159 cm³/mol. The first-order valence-electron chi connectivity index (χ1n) is 13.2. The highest BCUT2D eigenvalue weighted by Gasteiger charge is 2.37. The molecule has 12 heteroatoms. The number of pyridine rings is 1. The number of nitrogens with zero attached hydrogens (tertiary/aromatic N) is 5. The monoisotopic (exact) mass is 621 g/mol. The van der Waals surface area contributed by atoms with Crippen molar-refractivity contribution in [2.45, 2.75) is 38.2 Å². The molecule has 2 aliphatic rings. The average molecular weight is 623 g/mol. The maximum atomic E-state index is 13.3. The van der Waals surface area contributed by atoms with Gasteiger partial charge in [-0.15, -0.1) is 11.3 Å². The zero-order valence-corrected chi connectivity index (χ0v) is 25.4. The third-order valence-corrected chi connectivity index (χ3v) is 9.17. The second kappa shape index (κ2) is 12.1. The van der Waals surface area contributed by atoms with Crippen LogP contribution in [0.5, 0.6) is 5.75 Å². The first-order valence-corrected chi connectivity index (χ1v) is 15.2. The van der Waals surface area contributed by atoms with Crippen molar-refractivity contribution in [3.63, 3.8) is 0 Å². The molecule has 2 aromatic heterocycles. The van der Waals surface area contributed by atoms with Crippen LogP contribution in [0.1, 0.15) is 48.1 Å². The number of hydrogen-bond acceptors (Lipinski definition) is 7. The SMILES string of the molecule is CC(C)(Oc1ccccc1Cl)C(=O)N1CCC(c2nc(C(=O)N3CCN(c4c(Cl)cncc4Cl)CC3)cs2)CC1. The molecule has 3 aromatic rings. The fourth-order valence-corrected chi connectivity index (χ4v) is 6.87. The third kappa shape index (κ3) is 6.17. The van der Waals surface area contributed by atoms with E-state index in [-0.39, 0.29) is 17.7 Å². The average Bonchev–Trinajstić information content (AvgIpc) is 3.44. The first-order chi connectivity index (χ1) is 19.1. The Morgan fingerprint density at radius 3 is 2.23 bits per heavy atom. The van der Waals surface area contributed by atoms with Gasteiger partial charge >= 0.3 is 0 Å². The summed E-state index contributed by atoms with van der Waals surface area (Å²) in [4.78, 5) is 41.0. The number of piperazine rings is 1. The highest BCUT2D eigenvalue weighted by Crippen LogP contribution is 2.35. The smallest absolute Gasteiger partial charge is 0.273 e. The Bertz CT molecular complexity index is 1360. The van der Waals surface area contributed by atoms with E-state index >= 15 is 0 Å². The minimum Gasteiger partial charge on any atom is -0.476 e. The number of aromatic nitrogens is 2. The van der Waals surface area contributed by atoms with Gasteiger partial charge in [-0.1, -0.05) is 46.9 Å². The molecule has 5 rings (SSSR count). The van der Waals surface area contributed by atoms with Gasteiger partial charge in [0.2, 0.25) is 0 Å². The molecule has 0 aliphatic carbocycles. The normalized spacial score (nSPS) is 16.8. The number of carbonyl (C=O) groups excluding carboxylic acids is 2. The van der Waals surface area contributed by atoms with E-state index in [9.17, 15) is 9.59 Å². The van der Waals surface area contributed by atoms with Gasteiger partial charge in [0, 0.05) is 63.0 Å². The number of piperidine rings is 1. The lowest BCUT2D eigenvalue weighted by atomic mass is 9.96. The van der Waals surface area contributed by atoms with Crippen molar-refractivity contribution >= 4 is 63.6 Å². The van der Waals surface area contributed by atoms with Crippen LogP contribution in [0.25, 0.3) is 0 Å². The van der Waals surface area contributed by atoms with Gasteiger partial charge in [0.05, 0.1) is 25.8 Å². The Morgan fingerprint density at radius 2 is 1.57 bits per heavy atom. The number of hydrogen-bond donors (Lipinski definition) is 0. The molecule has 4 heterocycles. The van der Waals surface area contributed by atoms with E-state index in [0.717, 1.165) is 23.5 Å². The Balaban J connectivity index is 1.14. The Kier molecular flexibility index (Phi) is 8.75. The number of carbonyl (C=O) groups is 2. The third-order valence-electron chi connectivity index (χ3n) is 7.30. The van der Waals surface area contributed by atoms with Gasteiger partial charge in [-0.25, -0.2) is 4.98 Å². The number of likely N-dealkylation sites (tertiary alicyclic amines) is 1. The highest BCUT2D eigenvalue weighted by atomic mass is 35.5. The van der Waals surface area contributed by atoms with E-state index in [4.69, 9.17) is 44.5 Å². The van der Waals surface area contributed by atoms with Gasteiger partial charge < -0.3 is 19.4 Å². The van der Waals surface area contributed by atoms with Gasteiger partial charge in [-0.3, -0.25) is 14.6 Å². The van der Waals surface area contributed by atoms with E-state index in [1.54, 1.807) is 38.4 Å². The molecule has 0 radical (unpaired) electrons. The summed E-state index contributed by atoms with van der Waals surface area (Å²) in [5, 5.41) is 4.26. The molecule has 0 atom stereocenters. The summed E-state index contributed by atoms with van der Waals surface area (Å²) in [5.41, 5.74) is 0.183. The van der Waals surface area contributed by atoms with Crippen molar-refractivity contribution in [1.82, 2.24) is 19.8 Å². The second-order valence-electron chi connectivity index (χ2n) is 10.4. The fourth-order valence-electron chi connectivity index (χ4n) is 5.13. The number of amides is 2. The fraction of sp³-hybridized carbons (Fsp3) is 0.429. The van der Waals surface area contributed by atoms with Crippen LogP contribution in [0.4, 0.5) is 5.69 Å². The van der Waals surface area contributed by atoms with Crippen LogP contribution < -0.4 is 9.64 Å². The maximum absolute atomic E-state index is 13.3. The minimum absolute atomic E-state index is 0.0693. The molecule has 0 bridgehead atoms. The molecule has 1 aromatic carbocycles. The number of halogens is 3. The summed E-state index contributed by atoms with van der Waals surface area (Å²) in [6.45, 7) is 7.07. The zero-order valence-electron chi connectivity index (χ0n) is 22.3. The van der Waals surface area contributed by atoms with E-state index in [1.807, 2.05) is 27.3 Å². The number of rotatable bonds is 6. The number of para-hydroxylation sites is 1. The molecule has 8 nitrogen and oxygen atoms in total. The molecule has 0 saturated carbocycles.